The lowest BCUT2D eigenvalue weighted by atomic mass is 9.88. The minimum absolute atomic E-state index is 0.862. The van der Waals surface area contributed by atoms with Crippen LogP contribution in [0.2, 0.25) is 0 Å². The molecule has 4 heteroatoms. The molecule has 4 nitrogen and oxygen atoms in total. The maximum Gasteiger partial charge on any atom is 0.118 e. The Bertz CT molecular complexity index is 1230. The number of para-hydroxylation sites is 1. The number of nitrogens with one attached hydrogen (secondary N) is 1. The maximum absolute atomic E-state index is 5.43. The van der Waals surface area contributed by atoms with Gasteiger partial charge < -0.3 is 18.9 Å². The van der Waals surface area contributed by atoms with Crippen LogP contribution in [0, 0.1) is 0 Å². The van der Waals surface area contributed by atoms with Crippen LogP contribution < -0.4 is 14.4 Å². The molecule has 0 bridgehead atoms. The molecule has 0 saturated heterocycles. The number of hydrogen-bond donors (Lipinski definition) is 1. The fourth-order valence-corrected chi connectivity index (χ4v) is 4.81. The zero-order valence-corrected chi connectivity index (χ0v) is 21.6. The Morgan fingerprint density at radius 1 is 0.800 bits per heavy atom. The highest BCUT2D eigenvalue weighted by molar-refractivity contribution is 6.05. The van der Waals surface area contributed by atoms with Crippen LogP contribution in [0.4, 0.5) is 0 Å². The molecular weight excluding hydrogens is 432 g/mol. The monoisotopic (exact) mass is 469 g/mol. The summed E-state index contributed by atoms with van der Waals surface area (Å²) in [7, 11) is 7.85. The van der Waals surface area contributed by atoms with E-state index in [-0.39, 0.29) is 0 Å². The van der Waals surface area contributed by atoms with Crippen molar-refractivity contribution in [3.8, 4) is 11.5 Å². The summed E-state index contributed by atoms with van der Waals surface area (Å²) in [6.07, 6.45) is 4.43. The first-order chi connectivity index (χ1) is 17.0. The van der Waals surface area contributed by atoms with E-state index in [1.165, 1.54) is 43.6 Å². The Hall–Kier alpha value is -3.50. The smallest absolute Gasteiger partial charge is 0.118 e. The molecule has 3 aromatic carbocycles. The predicted octanol–water partition coefficient (Wildman–Crippen LogP) is 5.56. The molecule has 1 heterocycles. The van der Waals surface area contributed by atoms with E-state index in [1.54, 1.807) is 14.2 Å². The van der Waals surface area contributed by atoms with E-state index in [4.69, 9.17) is 9.47 Å². The number of benzene rings is 3. The minimum atomic E-state index is 0.862. The third-order valence-corrected chi connectivity index (χ3v) is 6.60. The van der Waals surface area contributed by atoms with Gasteiger partial charge in [-0.15, -0.1) is 0 Å². The molecule has 0 fully saturated rings. The van der Waals surface area contributed by atoms with Crippen molar-refractivity contribution in [2.45, 2.75) is 26.3 Å². The van der Waals surface area contributed by atoms with Crippen molar-refractivity contribution in [2.24, 2.45) is 0 Å². The van der Waals surface area contributed by atoms with Crippen molar-refractivity contribution < 1.29 is 14.4 Å². The average molecular weight is 470 g/mol. The number of methoxy groups -OCH3 is 2. The summed E-state index contributed by atoms with van der Waals surface area (Å²) in [6.45, 7) is 4.42. The normalized spacial score (nSPS) is 11.1. The standard InChI is InChI=1S/C31H36N2O2/c1-6-27(29-22-33(21-9-20-32(2)3)30-11-8-7-10-28(29)30)31(23-12-16-25(34-4)17-13-23)24-14-18-26(35-5)19-15-24/h7-8,10-19,22H,6,9,20-21H2,1-5H3/p+1. The van der Waals surface area contributed by atoms with Crippen molar-refractivity contribution in [3.63, 3.8) is 0 Å². The number of nitrogens with zero attached hydrogens (tertiary/aromatic N) is 1. The largest absolute Gasteiger partial charge is 0.497 e. The van der Waals surface area contributed by atoms with Crippen LogP contribution >= 0.6 is 0 Å². The van der Waals surface area contributed by atoms with E-state index in [1.807, 2.05) is 24.3 Å². The predicted molar refractivity (Wildman–Crippen MR) is 146 cm³/mol. The molecule has 0 aliphatic heterocycles. The molecule has 0 aliphatic carbocycles. The van der Waals surface area contributed by atoms with Crippen LogP contribution in [0.5, 0.6) is 11.5 Å². The lowest BCUT2D eigenvalue weighted by Gasteiger charge is -2.16. The van der Waals surface area contributed by atoms with Gasteiger partial charge >= 0.3 is 0 Å². The summed E-state index contributed by atoms with van der Waals surface area (Å²) in [5, 5.41) is 1.31. The Balaban J connectivity index is 1.91. The zero-order chi connectivity index (χ0) is 24.8. The lowest BCUT2D eigenvalue weighted by Crippen LogP contribution is -3.05. The summed E-state index contributed by atoms with van der Waals surface area (Å²) in [4.78, 5) is 1.48. The van der Waals surface area contributed by atoms with Gasteiger partial charge in [-0.3, -0.25) is 0 Å². The fourth-order valence-electron chi connectivity index (χ4n) is 4.81. The van der Waals surface area contributed by atoms with Gasteiger partial charge in [-0.2, -0.15) is 0 Å². The SMILES string of the molecule is CCC(=C(c1ccc(OC)cc1)c1ccc(OC)cc1)c1cn(CCC[NH+](C)C)c2ccccc12. The fraction of sp³-hybridized carbons (Fsp3) is 0.290. The highest BCUT2D eigenvalue weighted by Crippen LogP contribution is 2.39. The molecule has 182 valence electrons. The Morgan fingerprint density at radius 3 is 1.89 bits per heavy atom. The molecule has 0 unspecified atom stereocenters. The molecule has 0 atom stereocenters. The van der Waals surface area contributed by atoms with E-state index in [9.17, 15) is 0 Å². The van der Waals surface area contributed by atoms with Crippen LogP contribution in [-0.4, -0.2) is 39.4 Å². The zero-order valence-electron chi connectivity index (χ0n) is 21.6. The summed E-state index contributed by atoms with van der Waals surface area (Å²) in [6, 6.07) is 25.6. The minimum Gasteiger partial charge on any atom is -0.497 e. The van der Waals surface area contributed by atoms with Gasteiger partial charge in [-0.25, -0.2) is 0 Å². The summed E-state index contributed by atoms with van der Waals surface area (Å²) >= 11 is 0. The first-order valence-corrected chi connectivity index (χ1v) is 12.4. The molecule has 4 aromatic rings. The highest BCUT2D eigenvalue weighted by Gasteiger charge is 2.18. The molecule has 0 amide bonds. The van der Waals surface area contributed by atoms with Gasteiger partial charge in [-0.1, -0.05) is 49.4 Å². The van der Waals surface area contributed by atoms with Crippen molar-refractivity contribution in [1.29, 1.82) is 0 Å². The first-order valence-electron chi connectivity index (χ1n) is 12.4. The number of quaternary nitrogens is 1. The Kier molecular flexibility index (Phi) is 7.94. The third kappa shape index (κ3) is 5.44. The number of allylic oxidation sites excluding steroid dienone is 1. The molecule has 1 aromatic heterocycles. The molecule has 0 saturated carbocycles. The van der Waals surface area contributed by atoms with E-state index in [2.05, 4.69) is 80.3 Å². The van der Waals surface area contributed by atoms with Gasteiger partial charge in [0, 0.05) is 35.6 Å². The topological polar surface area (TPSA) is 27.8 Å². The number of hydrogen-bond acceptors (Lipinski definition) is 2. The maximum atomic E-state index is 5.43. The van der Waals surface area contributed by atoms with E-state index >= 15 is 0 Å². The molecule has 35 heavy (non-hydrogen) atoms. The molecule has 0 radical (unpaired) electrons. The third-order valence-electron chi connectivity index (χ3n) is 6.60. The summed E-state index contributed by atoms with van der Waals surface area (Å²) in [5.41, 5.74) is 7.56. The van der Waals surface area contributed by atoms with Crippen LogP contribution in [0.1, 0.15) is 36.5 Å². The molecule has 0 aliphatic rings. The second kappa shape index (κ2) is 11.3. The van der Waals surface area contributed by atoms with E-state index in [0.29, 0.717) is 0 Å². The number of rotatable bonds is 10. The van der Waals surface area contributed by atoms with Crippen LogP contribution in [0.3, 0.4) is 0 Å². The summed E-state index contributed by atoms with van der Waals surface area (Å²) in [5.74, 6) is 1.72. The molecule has 1 N–H and O–H groups in total. The van der Waals surface area contributed by atoms with Gasteiger partial charge in [0.05, 0.1) is 34.9 Å². The first kappa shape index (κ1) is 24.6. The highest BCUT2D eigenvalue weighted by atomic mass is 16.5. The van der Waals surface area contributed by atoms with Gasteiger partial charge in [0.2, 0.25) is 0 Å². The number of ether oxygens (including phenoxy) is 2. The Morgan fingerprint density at radius 2 is 1.37 bits per heavy atom. The van der Waals surface area contributed by atoms with Crippen LogP contribution in [0.15, 0.2) is 79.0 Å². The average Bonchev–Trinajstić information content (AvgIpc) is 3.25. The van der Waals surface area contributed by atoms with E-state index in [0.717, 1.165) is 37.4 Å². The van der Waals surface area contributed by atoms with Crippen molar-refractivity contribution in [1.82, 2.24) is 4.57 Å². The van der Waals surface area contributed by atoms with Gasteiger partial charge in [-0.05, 0) is 59.0 Å². The van der Waals surface area contributed by atoms with Gasteiger partial charge in [0.25, 0.3) is 0 Å². The van der Waals surface area contributed by atoms with Crippen molar-refractivity contribution in [2.75, 3.05) is 34.9 Å². The number of fused-ring (bicyclic) bond motifs is 1. The molecule has 4 rings (SSSR count). The number of aryl methyl sites for hydroxylation is 1. The van der Waals surface area contributed by atoms with Crippen molar-refractivity contribution in [3.05, 3.63) is 95.7 Å². The van der Waals surface area contributed by atoms with Crippen LogP contribution in [0.25, 0.3) is 22.0 Å². The van der Waals surface area contributed by atoms with E-state index < -0.39 is 0 Å². The molecule has 0 spiro atoms. The van der Waals surface area contributed by atoms with Crippen LogP contribution in [-0.2, 0) is 6.54 Å². The van der Waals surface area contributed by atoms with Crippen molar-refractivity contribution >= 4 is 22.0 Å². The quantitative estimate of drug-likeness (QED) is 0.329. The number of aromatic nitrogens is 1. The summed E-state index contributed by atoms with van der Waals surface area (Å²) < 4.78 is 13.3. The second-order valence-corrected chi connectivity index (χ2v) is 9.23. The second-order valence-electron chi connectivity index (χ2n) is 9.23. The van der Waals surface area contributed by atoms with Gasteiger partial charge in [0.1, 0.15) is 11.5 Å². The lowest BCUT2D eigenvalue weighted by molar-refractivity contribution is -0.858. The van der Waals surface area contributed by atoms with Gasteiger partial charge in [0.15, 0.2) is 0 Å². The molecular formula is C31H37N2O2+. The Labute approximate surface area is 209 Å².